The summed E-state index contributed by atoms with van der Waals surface area (Å²) < 4.78 is 16.2. The summed E-state index contributed by atoms with van der Waals surface area (Å²) in [6.45, 7) is 1.90. The molecule has 0 bridgehead atoms. The lowest BCUT2D eigenvalue weighted by Gasteiger charge is -2.25. The number of amides is 1. The number of benzene rings is 2. The number of likely N-dealkylation sites (tertiary alicyclic amines) is 1. The van der Waals surface area contributed by atoms with E-state index in [2.05, 4.69) is 0 Å². The van der Waals surface area contributed by atoms with Crippen molar-refractivity contribution in [3.63, 3.8) is 0 Å². The normalized spacial score (nSPS) is 17.6. The van der Waals surface area contributed by atoms with Crippen molar-refractivity contribution in [2.75, 3.05) is 14.2 Å². The van der Waals surface area contributed by atoms with Crippen LogP contribution in [0.4, 0.5) is 0 Å². The Balaban J connectivity index is 1.90. The zero-order chi connectivity index (χ0) is 22.8. The number of para-hydroxylation sites is 1. The Morgan fingerprint density at radius 1 is 1.03 bits per heavy atom. The quantitative estimate of drug-likeness (QED) is 0.356. The van der Waals surface area contributed by atoms with E-state index in [0.29, 0.717) is 28.4 Å². The molecule has 7 heteroatoms. The number of Topliss-reactive ketones (excluding diaryl/α,β-unsaturated/α-hetero) is 1. The van der Waals surface area contributed by atoms with Gasteiger partial charge in [-0.15, -0.1) is 0 Å². The monoisotopic (exact) mass is 433 g/mol. The van der Waals surface area contributed by atoms with Crippen molar-refractivity contribution in [1.82, 2.24) is 4.90 Å². The zero-order valence-electron chi connectivity index (χ0n) is 18.0. The van der Waals surface area contributed by atoms with E-state index in [1.54, 1.807) is 61.7 Å². The second-order valence-corrected chi connectivity index (χ2v) is 7.43. The van der Waals surface area contributed by atoms with E-state index >= 15 is 0 Å². The van der Waals surface area contributed by atoms with E-state index in [1.807, 2.05) is 6.92 Å². The summed E-state index contributed by atoms with van der Waals surface area (Å²) in [5, 5.41) is 11.2. The van der Waals surface area contributed by atoms with Gasteiger partial charge < -0.3 is 23.9 Å². The Kier molecular flexibility index (Phi) is 5.73. The van der Waals surface area contributed by atoms with Crippen LogP contribution in [0.15, 0.2) is 70.9 Å². The molecule has 1 N–H and O–H groups in total. The summed E-state index contributed by atoms with van der Waals surface area (Å²) in [7, 11) is 3.08. The van der Waals surface area contributed by atoms with Gasteiger partial charge in [-0.1, -0.05) is 18.2 Å². The lowest BCUT2D eigenvalue weighted by atomic mass is 9.94. The fourth-order valence-electron chi connectivity index (χ4n) is 4.01. The molecule has 1 aliphatic rings. The van der Waals surface area contributed by atoms with Gasteiger partial charge in [0.2, 0.25) is 0 Å². The molecule has 1 amide bonds. The molecule has 0 aliphatic carbocycles. The van der Waals surface area contributed by atoms with Gasteiger partial charge in [-0.25, -0.2) is 0 Å². The third-order valence-corrected chi connectivity index (χ3v) is 5.55. The van der Waals surface area contributed by atoms with Gasteiger partial charge >= 0.3 is 0 Å². The predicted molar refractivity (Wildman–Crippen MR) is 117 cm³/mol. The average molecular weight is 433 g/mol. The molecule has 4 rings (SSSR count). The Morgan fingerprint density at radius 3 is 2.44 bits per heavy atom. The van der Waals surface area contributed by atoms with Crippen LogP contribution in [0.5, 0.6) is 11.5 Å². The molecule has 2 heterocycles. The minimum atomic E-state index is -0.848. The van der Waals surface area contributed by atoms with Crippen LogP contribution < -0.4 is 9.47 Å². The highest BCUT2D eigenvalue weighted by Crippen LogP contribution is 2.43. The number of nitrogens with zero attached hydrogens (tertiary/aromatic N) is 1. The number of rotatable bonds is 6. The number of carbonyl (C=O) groups is 2. The molecule has 1 atom stereocenters. The first-order valence-corrected chi connectivity index (χ1v) is 10.0. The number of ether oxygens (including phenoxy) is 2. The molecule has 164 valence electrons. The fraction of sp³-hybridized carbons (Fsp3) is 0.200. The molecule has 1 aromatic heterocycles. The van der Waals surface area contributed by atoms with Crippen LogP contribution in [0.25, 0.3) is 5.76 Å². The number of ketones is 1. The molecule has 7 nitrogen and oxygen atoms in total. The molecule has 1 aliphatic heterocycles. The maximum absolute atomic E-state index is 13.1. The first-order valence-electron chi connectivity index (χ1n) is 10.0. The standard InChI is InChI=1S/C25H23NO6/c1-15-13-16(10-11-19(15)30-2)23(27)21-22(18-8-4-5-9-20(18)31-3)26(25(29)24(21)28)14-17-7-6-12-32-17/h4-13,22,27H,14H2,1-3H3/b23-21+. The van der Waals surface area contributed by atoms with Crippen molar-refractivity contribution in [1.29, 1.82) is 0 Å². The Hall–Kier alpha value is -4.00. The van der Waals surface area contributed by atoms with E-state index in [1.165, 1.54) is 18.3 Å². The second kappa shape index (κ2) is 8.63. The molecular formula is C25H23NO6. The number of aryl methyl sites for hydroxylation is 1. The first-order chi connectivity index (χ1) is 15.5. The molecule has 0 spiro atoms. The van der Waals surface area contributed by atoms with Gasteiger partial charge in [0.1, 0.15) is 23.0 Å². The van der Waals surface area contributed by atoms with Crippen molar-refractivity contribution in [3.8, 4) is 11.5 Å². The van der Waals surface area contributed by atoms with E-state index in [-0.39, 0.29) is 17.9 Å². The molecule has 0 saturated carbocycles. The number of furan rings is 1. The van der Waals surface area contributed by atoms with Crippen LogP contribution in [0.1, 0.15) is 28.5 Å². The maximum atomic E-state index is 13.1. The minimum Gasteiger partial charge on any atom is -0.507 e. The number of aliphatic hydroxyl groups is 1. The lowest BCUT2D eigenvalue weighted by Crippen LogP contribution is -2.29. The number of methoxy groups -OCH3 is 2. The predicted octanol–water partition coefficient (Wildman–Crippen LogP) is 4.23. The number of hydrogen-bond donors (Lipinski definition) is 1. The van der Waals surface area contributed by atoms with Crippen molar-refractivity contribution in [2.45, 2.75) is 19.5 Å². The molecule has 32 heavy (non-hydrogen) atoms. The van der Waals surface area contributed by atoms with E-state index < -0.39 is 17.7 Å². The smallest absolute Gasteiger partial charge is 0.296 e. The fourth-order valence-corrected chi connectivity index (χ4v) is 4.01. The van der Waals surface area contributed by atoms with Gasteiger partial charge in [0, 0.05) is 11.1 Å². The van der Waals surface area contributed by atoms with Crippen molar-refractivity contribution < 1.29 is 28.6 Å². The summed E-state index contributed by atoms with van der Waals surface area (Å²) in [4.78, 5) is 27.6. The van der Waals surface area contributed by atoms with Crippen LogP contribution in [0.2, 0.25) is 0 Å². The number of carbonyl (C=O) groups excluding carboxylic acids is 2. The van der Waals surface area contributed by atoms with E-state index in [9.17, 15) is 14.7 Å². The highest BCUT2D eigenvalue weighted by atomic mass is 16.5. The molecular weight excluding hydrogens is 410 g/mol. The van der Waals surface area contributed by atoms with Crippen molar-refractivity contribution in [2.24, 2.45) is 0 Å². The van der Waals surface area contributed by atoms with E-state index in [4.69, 9.17) is 13.9 Å². The molecule has 1 saturated heterocycles. The van der Waals surface area contributed by atoms with Gasteiger partial charge in [0.15, 0.2) is 0 Å². The molecule has 3 aromatic rings. The SMILES string of the molecule is COc1ccc(/C(O)=C2\C(=O)C(=O)N(Cc3ccco3)C2c2ccccc2OC)cc1C. The molecule has 2 aromatic carbocycles. The van der Waals surface area contributed by atoms with Crippen molar-refractivity contribution in [3.05, 3.63) is 88.9 Å². The highest BCUT2D eigenvalue weighted by molar-refractivity contribution is 6.46. The van der Waals surface area contributed by atoms with Crippen LogP contribution in [-0.2, 0) is 16.1 Å². The van der Waals surface area contributed by atoms with E-state index in [0.717, 1.165) is 5.56 Å². The molecule has 1 unspecified atom stereocenters. The third-order valence-electron chi connectivity index (χ3n) is 5.55. The summed E-state index contributed by atoms with van der Waals surface area (Å²) in [5.74, 6) is -0.0664. The van der Waals surface area contributed by atoms with Crippen LogP contribution in [-0.4, -0.2) is 35.9 Å². The van der Waals surface area contributed by atoms with Crippen LogP contribution >= 0.6 is 0 Å². The Bertz CT molecular complexity index is 1190. The molecule has 1 fully saturated rings. The summed E-state index contributed by atoms with van der Waals surface area (Å²) in [5.41, 5.74) is 1.79. The summed E-state index contributed by atoms with van der Waals surface area (Å²) in [6.07, 6.45) is 1.50. The van der Waals surface area contributed by atoms with Gasteiger partial charge in [-0.2, -0.15) is 0 Å². The largest absolute Gasteiger partial charge is 0.507 e. The lowest BCUT2D eigenvalue weighted by molar-refractivity contribution is -0.140. The second-order valence-electron chi connectivity index (χ2n) is 7.43. The van der Waals surface area contributed by atoms with Gasteiger partial charge in [-0.3, -0.25) is 9.59 Å². The van der Waals surface area contributed by atoms with Gasteiger partial charge in [-0.05, 0) is 48.9 Å². The average Bonchev–Trinajstić information content (AvgIpc) is 3.41. The van der Waals surface area contributed by atoms with Crippen LogP contribution in [0, 0.1) is 6.92 Å². The van der Waals surface area contributed by atoms with Crippen LogP contribution in [0.3, 0.4) is 0 Å². The van der Waals surface area contributed by atoms with Gasteiger partial charge in [0.05, 0.1) is 38.6 Å². The first kappa shape index (κ1) is 21.2. The number of aliphatic hydroxyl groups excluding tert-OH is 1. The Labute approximate surface area is 185 Å². The minimum absolute atomic E-state index is 0.00405. The van der Waals surface area contributed by atoms with Gasteiger partial charge in [0.25, 0.3) is 11.7 Å². The zero-order valence-corrected chi connectivity index (χ0v) is 18.0. The topological polar surface area (TPSA) is 89.2 Å². The summed E-state index contributed by atoms with van der Waals surface area (Å²) in [6, 6.07) is 14.8. The molecule has 0 radical (unpaired) electrons. The highest BCUT2D eigenvalue weighted by Gasteiger charge is 2.47. The maximum Gasteiger partial charge on any atom is 0.296 e. The van der Waals surface area contributed by atoms with Crippen molar-refractivity contribution >= 4 is 17.4 Å². The summed E-state index contributed by atoms with van der Waals surface area (Å²) >= 11 is 0. The Morgan fingerprint density at radius 2 is 1.78 bits per heavy atom. The number of hydrogen-bond acceptors (Lipinski definition) is 6. The third kappa shape index (κ3) is 3.62.